The van der Waals surface area contributed by atoms with Gasteiger partial charge < -0.3 is 10.5 Å². The summed E-state index contributed by atoms with van der Waals surface area (Å²) in [4.78, 5) is 0. The van der Waals surface area contributed by atoms with Crippen LogP contribution >= 0.6 is 0 Å². The predicted molar refractivity (Wildman–Crippen MR) is 76.6 cm³/mol. The number of nitrogens with two attached hydrogens (primary N) is 1. The van der Waals surface area contributed by atoms with Crippen LogP contribution in [0, 0.1) is 0 Å². The van der Waals surface area contributed by atoms with Crippen molar-refractivity contribution in [3.63, 3.8) is 0 Å². The molecule has 2 atom stereocenters. The molecule has 0 amide bonds. The van der Waals surface area contributed by atoms with Gasteiger partial charge in [-0.15, -0.1) is 0 Å². The van der Waals surface area contributed by atoms with Crippen molar-refractivity contribution in [2.45, 2.75) is 18.7 Å². The standard InChI is InChI=1S/C16H18N2O/c17-15-9-5-4-8-14(15)16-18-13(11-19-16)10-12-6-2-1-3-7-12/h1-9,13,16,18H,10-11,17H2. The van der Waals surface area contributed by atoms with Gasteiger partial charge in [0.15, 0.2) is 0 Å². The Kier molecular flexibility index (Phi) is 3.49. The topological polar surface area (TPSA) is 47.3 Å². The highest BCUT2D eigenvalue weighted by molar-refractivity contribution is 5.47. The minimum Gasteiger partial charge on any atom is -0.398 e. The van der Waals surface area contributed by atoms with E-state index in [1.807, 2.05) is 30.3 Å². The van der Waals surface area contributed by atoms with Crippen LogP contribution in [0.4, 0.5) is 5.69 Å². The van der Waals surface area contributed by atoms with Gasteiger partial charge in [0.25, 0.3) is 0 Å². The summed E-state index contributed by atoms with van der Waals surface area (Å²) in [7, 11) is 0. The van der Waals surface area contributed by atoms with Crippen molar-refractivity contribution in [1.82, 2.24) is 5.32 Å². The third kappa shape index (κ3) is 2.78. The Hall–Kier alpha value is -1.84. The van der Waals surface area contributed by atoms with Gasteiger partial charge in [-0.05, 0) is 18.1 Å². The van der Waals surface area contributed by atoms with Crippen molar-refractivity contribution in [3.05, 3.63) is 65.7 Å². The monoisotopic (exact) mass is 254 g/mol. The van der Waals surface area contributed by atoms with E-state index in [1.54, 1.807) is 0 Å². The van der Waals surface area contributed by atoms with Gasteiger partial charge in [-0.2, -0.15) is 0 Å². The number of hydrogen-bond donors (Lipinski definition) is 2. The van der Waals surface area contributed by atoms with Gasteiger partial charge in [0, 0.05) is 17.3 Å². The molecule has 3 rings (SSSR count). The number of nitrogen functional groups attached to an aromatic ring is 1. The summed E-state index contributed by atoms with van der Waals surface area (Å²) in [5.41, 5.74) is 9.11. The Morgan fingerprint density at radius 1 is 1.05 bits per heavy atom. The van der Waals surface area contributed by atoms with Crippen LogP contribution in [0.15, 0.2) is 54.6 Å². The van der Waals surface area contributed by atoms with E-state index in [0.29, 0.717) is 12.6 Å². The van der Waals surface area contributed by atoms with E-state index < -0.39 is 0 Å². The van der Waals surface area contributed by atoms with Gasteiger partial charge in [-0.1, -0.05) is 48.5 Å². The molecular formula is C16H18N2O. The lowest BCUT2D eigenvalue weighted by molar-refractivity contribution is 0.101. The van der Waals surface area contributed by atoms with Gasteiger partial charge in [0.05, 0.1) is 6.61 Å². The zero-order chi connectivity index (χ0) is 13.1. The lowest BCUT2D eigenvalue weighted by Gasteiger charge is -2.14. The first-order valence-corrected chi connectivity index (χ1v) is 6.59. The van der Waals surface area contributed by atoms with Gasteiger partial charge in [-0.3, -0.25) is 5.32 Å². The van der Waals surface area contributed by atoms with E-state index in [2.05, 4.69) is 29.6 Å². The normalized spacial score (nSPS) is 22.5. The van der Waals surface area contributed by atoms with E-state index in [0.717, 1.165) is 17.7 Å². The minimum absolute atomic E-state index is 0.0880. The molecule has 2 unspecified atom stereocenters. The highest BCUT2D eigenvalue weighted by atomic mass is 16.5. The Labute approximate surface area is 113 Å². The number of hydrogen-bond acceptors (Lipinski definition) is 3. The second-order valence-electron chi connectivity index (χ2n) is 4.90. The number of ether oxygens (including phenoxy) is 1. The van der Waals surface area contributed by atoms with Crippen LogP contribution in [-0.2, 0) is 11.2 Å². The third-order valence-corrected chi connectivity index (χ3v) is 3.45. The number of rotatable bonds is 3. The Morgan fingerprint density at radius 2 is 1.79 bits per heavy atom. The molecular weight excluding hydrogens is 236 g/mol. The van der Waals surface area contributed by atoms with Crippen LogP contribution < -0.4 is 11.1 Å². The Balaban J connectivity index is 1.66. The molecule has 0 saturated carbocycles. The molecule has 1 fully saturated rings. The quantitative estimate of drug-likeness (QED) is 0.827. The summed E-state index contributed by atoms with van der Waals surface area (Å²) in [6.45, 7) is 0.716. The van der Waals surface area contributed by atoms with Crippen LogP contribution in [0.3, 0.4) is 0 Å². The van der Waals surface area contributed by atoms with E-state index >= 15 is 0 Å². The molecule has 1 saturated heterocycles. The number of benzene rings is 2. The van der Waals surface area contributed by atoms with E-state index in [-0.39, 0.29) is 6.23 Å². The van der Waals surface area contributed by atoms with Crippen LogP contribution in [0.1, 0.15) is 17.4 Å². The lowest BCUT2D eigenvalue weighted by atomic mass is 10.1. The molecule has 98 valence electrons. The fourth-order valence-electron chi connectivity index (χ4n) is 2.47. The average molecular weight is 254 g/mol. The summed E-state index contributed by atoms with van der Waals surface area (Å²) in [5.74, 6) is 0. The zero-order valence-electron chi connectivity index (χ0n) is 10.8. The first kappa shape index (κ1) is 12.2. The summed E-state index contributed by atoms with van der Waals surface area (Å²) < 4.78 is 5.81. The lowest BCUT2D eigenvalue weighted by Crippen LogP contribution is -2.28. The molecule has 2 aromatic rings. The number of nitrogens with one attached hydrogen (secondary N) is 1. The molecule has 3 nitrogen and oxygen atoms in total. The maximum atomic E-state index is 5.98. The molecule has 0 spiro atoms. The van der Waals surface area contributed by atoms with Crippen LogP contribution in [0.2, 0.25) is 0 Å². The number of para-hydroxylation sites is 1. The molecule has 0 bridgehead atoms. The first-order chi connectivity index (χ1) is 9.33. The van der Waals surface area contributed by atoms with Gasteiger partial charge in [0.2, 0.25) is 0 Å². The van der Waals surface area contributed by atoms with Gasteiger partial charge in [0.1, 0.15) is 6.23 Å². The summed E-state index contributed by atoms with van der Waals surface area (Å²) >= 11 is 0. The van der Waals surface area contributed by atoms with Crippen molar-refractivity contribution >= 4 is 5.69 Å². The molecule has 1 aliphatic heterocycles. The van der Waals surface area contributed by atoms with E-state index in [4.69, 9.17) is 10.5 Å². The van der Waals surface area contributed by atoms with Gasteiger partial charge in [-0.25, -0.2) is 0 Å². The predicted octanol–water partition coefficient (Wildman–Crippen LogP) is 2.50. The highest BCUT2D eigenvalue weighted by Crippen LogP contribution is 2.26. The molecule has 1 aliphatic rings. The highest BCUT2D eigenvalue weighted by Gasteiger charge is 2.26. The average Bonchev–Trinajstić information content (AvgIpc) is 2.89. The third-order valence-electron chi connectivity index (χ3n) is 3.45. The fraction of sp³-hybridized carbons (Fsp3) is 0.250. The van der Waals surface area contributed by atoms with E-state index in [9.17, 15) is 0 Å². The maximum Gasteiger partial charge on any atom is 0.136 e. The summed E-state index contributed by atoms with van der Waals surface area (Å²) in [5, 5.41) is 3.49. The first-order valence-electron chi connectivity index (χ1n) is 6.59. The van der Waals surface area contributed by atoms with Crippen molar-refractivity contribution in [2.24, 2.45) is 0 Å². The summed E-state index contributed by atoms with van der Waals surface area (Å²) in [6.07, 6.45) is 0.888. The molecule has 19 heavy (non-hydrogen) atoms. The second-order valence-corrected chi connectivity index (χ2v) is 4.90. The van der Waals surface area contributed by atoms with Crippen molar-refractivity contribution in [2.75, 3.05) is 12.3 Å². The Bertz CT molecular complexity index is 541. The molecule has 0 radical (unpaired) electrons. The smallest absolute Gasteiger partial charge is 0.136 e. The van der Waals surface area contributed by atoms with Crippen LogP contribution in [0.25, 0.3) is 0 Å². The van der Waals surface area contributed by atoms with E-state index in [1.165, 1.54) is 5.56 Å². The molecule has 0 aromatic heterocycles. The van der Waals surface area contributed by atoms with Crippen molar-refractivity contribution in [1.29, 1.82) is 0 Å². The molecule has 1 heterocycles. The molecule has 0 aliphatic carbocycles. The molecule has 2 aromatic carbocycles. The molecule has 3 N–H and O–H groups in total. The minimum atomic E-state index is -0.0880. The molecule has 3 heteroatoms. The zero-order valence-corrected chi connectivity index (χ0v) is 10.8. The SMILES string of the molecule is Nc1ccccc1C1NC(Cc2ccccc2)CO1. The Morgan fingerprint density at radius 3 is 2.58 bits per heavy atom. The van der Waals surface area contributed by atoms with Crippen molar-refractivity contribution < 1.29 is 4.74 Å². The van der Waals surface area contributed by atoms with Crippen molar-refractivity contribution in [3.8, 4) is 0 Å². The van der Waals surface area contributed by atoms with Gasteiger partial charge >= 0.3 is 0 Å². The van der Waals surface area contributed by atoms with Crippen LogP contribution in [0.5, 0.6) is 0 Å². The van der Waals surface area contributed by atoms with Crippen LogP contribution in [-0.4, -0.2) is 12.6 Å². The maximum absolute atomic E-state index is 5.98. The largest absolute Gasteiger partial charge is 0.398 e. The second kappa shape index (κ2) is 5.43. The fourth-order valence-corrected chi connectivity index (χ4v) is 2.47. The summed E-state index contributed by atoms with van der Waals surface area (Å²) in [6, 6.07) is 18.6. The number of anilines is 1.